The maximum Gasteiger partial charge on any atom is 0.472 e. The van der Waals surface area contributed by atoms with Gasteiger partial charge in [0.25, 0.3) is 0 Å². The Balaban J connectivity index is 5.26. The Hall–Kier alpha value is -1.94. The van der Waals surface area contributed by atoms with E-state index in [1.165, 1.54) is 128 Å². The molecule has 0 fully saturated rings. The third-order valence-electron chi connectivity index (χ3n) is 15.5. The lowest BCUT2D eigenvalue weighted by molar-refractivity contribution is -0.161. The van der Waals surface area contributed by atoms with Gasteiger partial charge in [0.2, 0.25) is 0 Å². The minimum atomic E-state index is -4.95. The molecule has 0 saturated heterocycles. The number of esters is 4. The first-order chi connectivity index (χ1) is 40.8. The fraction of sp³-hybridized carbons (Fsp3) is 0.939. The van der Waals surface area contributed by atoms with Crippen molar-refractivity contribution in [3.8, 4) is 0 Å². The molecular formula is C66H128O17P2. The first kappa shape index (κ1) is 83.1. The fourth-order valence-corrected chi connectivity index (χ4v) is 11.4. The number of hydrogen-bond donors (Lipinski definition) is 3. The van der Waals surface area contributed by atoms with Gasteiger partial charge in [-0.2, -0.15) is 0 Å². The number of aliphatic hydroxyl groups is 1. The summed E-state index contributed by atoms with van der Waals surface area (Å²) in [7, 11) is -9.89. The number of phosphoric ester groups is 2. The second-order valence-corrected chi connectivity index (χ2v) is 28.0. The molecule has 0 aromatic heterocycles. The van der Waals surface area contributed by atoms with Crippen molar-refractivity contribution in [3.05, 3.63) is 0 Å². The molecule has 0 aromatic rings. The molecule has 0 spiro atoms. The van der Waals surface area contributed by atoms with Crippen LogP contribution in [0.3, 0.4) is 0 Å². The molecule has 0 radical (unpaired) electrons. The van der Waals surface area contributed by atoms with Gasteiger partial charge in [-0.1, -0.05) is 273 Å². The van der Waals surface area contributed by atoms with Crippen molar-refractivity contribution in [3.63, 3.8) is 0 Å². The summed E-state index contributed by atoms with van der Waals surface area (Å²) in [5.41, 5.74) is 0. The Labute approximate surface area is 517 Å². The van der Waals surface area contributed by atoms with Crippen LogP contribution in [0.4, 0.5) is 0 Å². The number of aliphatic hydroxyl groups excluding tert-OH is 1. The van der Waals surface area contributed by atoms with Crippen LogP contribution in [0.5, 0.6) is 0 Å². The van der Waals surface area contributed by atoms with E-state index < -0.39 is 97.5 Å². The average molecular weight is 1260 g/mol. The molecule has 504 valence electrons. The summed E-state index contributed by atoms with van der Waals surface area (Å²) in [6, 6.07) is 0. The zero-order chi connectivity index (χ0) is 63.1. The molecule has 0 aromatic carbocycles. The van der Waals surface area contributed by atoms with Gasteiger partial charge in [0.05, 0.1) is 26.4 Å². The van der Waals surface area contributed by atoms with Gasteiger partial charge in [0.15, 0.2) is 12.2 Å². The summed E-state index contributed by atoms with van der Waals surface area (Å²) in [6.45, 7) is 11.7. The van der Waals surface area contributed by atoms with E-state index in [1.54, 1.807) is 0 Å². The van der Waals surface area contributed by atoms with Crippen LogP contribution in [0.25, 0.3) is 0 Å². The van der Waals surface area contributed by atoms with Crippen molar-refractivity contribution in [2.75, 3.05) is 39.6 Å². The van der Waals surface area contributed by atoms with Crippen LogP contribution >= 0.6 is 15.6 Å². The largest absolute Gasteiger partial charge is 0.472 e. The predicted octanol–water partition coefficient (Wildman–Crippen LogP) is 18.3. The predicted molar refractivity (Wildman–Crippen MR) is 340 cm³/mol. The van der Waals surface area contributed by atoms with Crippen molar-refractivity contribution in [1.82, 2.24) is 0 Å². The van der Waals surface area contributed by atoms with Gasteiger partial charge in [-0.05, 0) is 43.4 Å². The maximum atomic E-state index is 13.0. The number of ether oxygens (including phenoxy) is 4. The molecule has 0 heterocycles. The molecular weight excluding hydrogens is 1130 g/mol. The molecule has 0 bridgehead atoms. The zero-order valence-electron chi connectivity index (χ0n) is 55.1. The summed E-state index contributed by atoms with van der Waals surface area (Å²) in [5.74, 6) is 0.0763. The highest BCUT2D eigenvalue weighted by Crippen LogP contribution is 2.45. The monoisotopic (exact) mass is 1250 g/mol. The zero-order valence-corrected chi connectivity index (χ0v) is 56.9. The van der Waals surface area contributed by atoms with Crippen LogP contribution in [0.2, 0.25) is 0 Å². The highest BCUT2D eigenvalue weighted by molar-refractivity contribution is 7.47. The molecule has 3 N–H and O–H groups in total. The van der Waals surface area contributed by atoms with E-state index in [1.807, 2.05) is 0 Å². The standard InChI is InChI=1S/C66H128O17P2/c1-8-10-11-12-13-14-15-19-26-35-42-49-65(70)83-62(54-77-64(69)48-41-34-29-28-32-39-46-59(7)9-2)56-81-85(74,75)79-52-60(67)51-78-84(72,73)80-55-61(53-76-63(68)47-40-33-25-22-21-24-31-38-45-58(5)6)82-66(71)50-43-36-27-20-17-16-18-23-30-37-44-57(3)4/h57-62,67H,8-56H2,1-7H3,(H,72,73)(H,74,75)/t59?,60-,61-,62-/m1/s1. The molecule has 0 aliphatic carbocycles. The van der Waals surface area contributed by atoms with Gasteiger partial charge in [0.1, 0.15) is 19.3 Å². The lowest BCUT2D eigenvalue weighted by Gasteiger charge is -2.21. The second-order valence-electron chi connectivity index (χ2n) is 25.1. The van der Waals surface area contributed by atoms with Gasteiger partial charge >= 0.3 is 39.5 Å². The lowest BCUT2D eigenvalue weighted by atomic mass is 10.00. The summed E-state index contributed by atoms with van der Waals surface area (Å²) in [6.07, 6.45) is 38.9. The number of carbonyl (C=O) groups is 4. The Morgan fingerprint density at radius 1 is 0.341 bits per heavy atom. The maximum absolute atomic E-state index is 13.0. The Kier molecular flexibility index (Phi) is 55.9. The lowest BCUT2D eigenvalue weighted by Crippen LogP contribution is -2.30. The van der Waals surface area contributed by atoms with Crippen LogP contribution in [0.15, 0.2) is 0 Å². The van der Waals surface area contributed by atoms with E-state index in [2.05, 4.69) is 48.5 Å². The smallest absolute Gasteiger partial charge is 0.462 e. The van der Waals surface area contributed by atoms with Gasteiger partial charge in [-0.15, -0.1) is 0 Å². The van der Waals surface area contributed by atoms with Crippen LogP contribution in [-0.4, -0.2) is 96.7 Å². The Morgan fingerprint density at radius 2 is 0.600 bits per heavy atom. The second kappa shape index (κ2) is 57.2. The van der Waals surface area contributed by atoms with Crippen LogP contribution in [-0.2, 0) is 65.4 Å². The summed E-state index contributed by atoms with van der Waals surface area (Å²) >= 11 is 0. The quantitative estimate of drug-likeness (QED) is 0.0222. The van der Waals surface area contributed by atoms with E-state index in [0.29, 0.717) is 25.7 Å². The van der Waals surface area contributed by atoms with E-state index in [-0.39, 0.29) is 25.7 Å². The molecule has 6 atom stereocenters. The number of rotatable bonds is 64. The first-order valence-electron chi connectivity index (χ1n) is 34.4. The Bertz CT molecular complexity index is 1680. The Morgan fingerprint density at radius 3 is 0.894 bits per heavy atom. The minimum absolute atomic E-state index is 0.105. The van der Waals surface area contributed by atoms with E-state index in [9.17, 15) is 43.2 Å². The first-order valence-corrected chi connectivity index (χ1v) is 37.4. The molecule has 0 aliphatic rings. The number of hydrogen-bond acceptors (Lipinski definition) is 15. The minimum Gasteiger partial charge on any atom is -0.462 e. The summed E-state index contributed by atoms with van der Waals surface area (Å²) in [4.78, 5) is 72.3. The van der Waals surface area contributed by atoms with Crippen molar-refractivity contribution in [1.29, 1.82) is 0 Å². The van der Waals surface area contributed by atoms with E-state index in [4.69, 9.17) is 37.0 Å². The summed E-state index contributed by atoms with van der Waals surface area (Å²) < 4.78 is 68.1. The van der Waals surface area contributed by atoms with Crippen LogP contribution in [0, 0.1) is 17.8 Å². The van der Waals surface area contributed by atoms with E-state index >= 15 is 0 Å². The third kappa shape index (κ3) is 59.5. The van der Waals surface area contributed by atoms with Crippen molar-refractivity contribution in [2.24, 2.45) is 17.8 Å². The average Bonchev–Trinajstić information content (AvgIpc) is 3.49. The molecule has 17 nitrogen and oxygen atoms in total. The van der Waals surface area contributed by atoms with Crippen molar-refractivity contribution >= 4 is 39.5 Å². The van der Waals surface area contributed by atoms with Crippen molar-refractivity contribution in [2.45, 2.75) is 343 Å². The molecule has 19 heteroatoms. The number of phosphoric acid groups is 2. The van der Waals surface area contributed by atoms with E-state index in [0.717, 1.165) is 114 Å². The van der Waals surface area contributed by atoms with Gasteiger partial charge in [-0.3, -0.25) is 37.3 Å². The van der Waals surface area contributed by atoms with Gasteiger partial charge in [-0.25, -0.2) is 9.13 Å². The molecule has 85 heavy (non-hydrogen) atoms. The third-order valence-corrected chi connectivity index (χ3v) is 17.4. The van der Waals surface area contributed by atoms with Gasteiger partial charge < -0.3 is 33.8 Å². The van der Waals surface area contributed by atoms with Gasteiger partial charge in [0, 0.05) is 25.7 Å². The molecule has 0 saturated carbocycles. The topological polar surface area (TPSA) is 237 Å². The fourth-order valence-electron chi connectivity index (χ4n) is 9.80. The summed E-state index contributed by atoms with van der Waals surface area (Å²) in [5, 5.41) is 10.6. The SMILES string of the molecule is CCCCCCCCCCCCCC(=O)O[C@H](COC(=O)CCCCCCCCC(C)CC)COP(=O)(O)OC[C@H](O)COP(=O)(O)OC[C@@H](COC(=O)CCCCCCCCCCC(C)C)OC(=O)CCCCCCCCCCCCC(C)C. The molecule has 0 aliphatic heterocycles. The van der Waals surface area contributed by atoms with Crippen LogP contribution in [0.1, 0.15) is 325 Å². The highest BCUT2D eigenvalue weighted by atomic mass is 31.2. The molecule has 3 unspecified atom stereocenters. The van der Waals surface area contributed by atoms with Crippen molar-refractivity contribution < 1.29 is 80.2 Å². The molecule has 0 amide bonds. The number of carbonyl (C=O) groups excluding carboxylic acids is 4. The number of unbranched alkanes of at least 4 members (excludes halogenated alkanes) is 31. The van der Waals surface area contributed by atoms with Crippen LogP contribution < -0.4 is 0 Å². The normalized spacial score (nSPS) is 14.6. The molecule has 0 rings (SSSR count). The highest BCUT2D eigenvalue weighted by Gasteiger charge is 2.30.